The van der Waals surface area contributed by atoms with E-state index in [4.69, 9.17) is 9.15 Å². The van der Waals surface area contributed by atoms with E-state index in [0.717, 1.165) is 6.08 Å². The first-order valence-corrected chi connectivity index (χ1v) is 8.81. The van der Waals surface area contributed by atoms with Gasteiger partial charge in [0.05, 0.1) is 10.5 Å². The fraction of sp³-hybridized carbons (Fsp3) is 0.0476. The molecular formula is C21H17N3O6. The van der Waals surface area contributed by atoms with Crippen LogP contribution < -0.4 is 15.6 Å². The van der Waals surface area contributed by atoms with Crippen molar-refractivity contribution in [1.82, 2.24) is 10.9 Å². The smallest absolute Gasteiger partial charge is 0.305 e. The lowest BCUT2D eigenvalue weighted by Crippen LogP contribution is -2.40. The van der Waals surface area contributed by atoms with Crippen molar-refractivity contribution in [1.29, 1.82) is 0 Å². The number of hydrazine groups is 1. The Morgan fingerprint density at radius 3 is 2.50 bits per heavy atom. The number of amides is 2. The van der Waals surface area contributed by atoms with Crippen LogP contribution in [0.4, 0.5) is 5.69 Å². The highest BCUT2D eigenvalue weighted by Gasteiger charge is 2.13. The van der Waals surface area contributed by atoms with Crippen molar-refractivity contribution in [2.45, 2.75) is 6.61 Å². The van der Waals surface area contributed by atoms with E-state index >= 15 is 0 Å². The topological polar surface area (TPSA) is 124 Å². The second-order valence-corrected chi connectivity index (χ2v) is 5.96. The number of ether oxygens (including phenoxy) is 1. The van der Waals surface area contributed by atoms with Crippen LogP contribution in [0.3, 0.4) is 0 Å². The fourth-order valence-electron chi connectivity index (χ4n) is 2.43. The van der Waals surface area contributed by atoms with Gasteiger partial charge in [0.15, 0.2) is 5.76 Å². The molecule has 0 unspecified atom stereocenters. The van der Waals surface area contributed by atoms with Gasteiger partial charge < -0.3 is 9.15 Å². The van der Waals surface area contributed by atoms with Gasteiger partial charge in [0.1, 0.15) is 18.1 Å². The standard InChI is InChI=1S/C21H17N3O6/c25-20(13-10-15-6-4-5-9-18(15)24(27)28)22-23-21(26)19-12-11-17(30-19)14-29-16-7-2-1-3-8-16/h1-13H,14H2,(H,22,25)(H,23,26)/b13-10+. The van der Waals surface area contributed by atoms with E-state index in [0.29, 0.717) is 11.5 Å². The number of benzene rings is 2. The van der Waals surface area contributed by atoms with Crippen LogP contribution in [0.15, 0.2) is 77.2 Å². The van der Waals surface area contributed by atoms with Gasteiger partial charge in [0.25, 0.3) is 11.6 Å². The van der Waals surface area contributed by atoms with E-state index in [1.54, 1.807) is 24.3 Å². The van der Waals surface area contributed by atoms with Gasteiger partial charge in [0.2, 0.25) is 0 Å². The Kier molecular flexibility index (Phi) is 6.57. The molecule has 0 fully saturated rings. The summed E-state index contributed by atoms with van der Waals surface area (Å²) in [6, 6.07) is 18.1. The minimum absolute atomic E-state index is 0.00959. The van der Waals surface area contributed by atoms with E-state index in [9.17, 15) is 19.7 Å². The van der Waals surface area contributed by atoms with E-state index in [-0.39, 0.29) is 23.6 Å². The Balaban J connectivity index is 1.50. The summed E-state index contributed by atoms with van der Waals surface area (Å²) in [5.74, 6) is -0.233. The highest BCUT2D eigenvalue weighted by molar-refractivity contribution is 5.96. The van der Waals surface area contributed by atoms with Crippen molar-refractivity contribution >= 4 is 23.6 Å². The lowest BCUT2D eigenvalue weighted by Gasteiger charge is -2.04. The predicted molar refractivity (Wildman–Crippen MR) is 107 cm³/mol. The second kappa shape index (κ2) is 9.69. The molecule has 2 amide bonds. The summed E-state index contributed by atoms with van der Waals surface area (Å²) in [5.41, 5.74) is 4.51. The van der Waals surface area contributed by atoms with Crippen LogP contribution in [0.2, 0.25) is 0 Å². The Morgan fingerprint density at radius 1 is 1.00 bits per heavy atom. The zero-order valence-electron chi connectivity index (χ0n) is 15.6. The van der Waals surface area contributed by atoms with Crippen molar-refractivity contribution in [2.24, 2.45) is 0 Å². The van der Waals surface area contributed by atoms with E-state index in [2.05, 4.69) is 10.9 Å². The monoisotopic (exact) mass is 407 g/mol. The molecule has 3 rings (SSSR count). The van der Waals surface area contributed by atoms with Crippen LogP contribution in [-0.2, 0) is 11.4 Å². The number of furan rings is 1. The number of para-hydroxylation sites is 2. The number of hydrogen-bond acceptors (Lipinski definition) is 6. The second-order valence-electron chi connectivity index (χ2n) is 5.96. The molecule has 1 heterocycles. The Hall–Kier alpha value is -4.40. The van der Waals surface area contributed by atoms with Gasteiger partial charge in [-0.05, 0) is 36.4 Å². The Labute approximate surface area is 171 Å². The highest BCUT2D eigenvalue weighted by Crippen LogP contribution is 2.18. The first kappa shape index (κ1) is 20.3. The quantitative estimate of drug-likeness (QED) is 0.352. The van der Waals surface area contributed by atoms with Crippen LogP contribution in [0.1, 0.15) is 21.9 Å². The van der Waals surface area contributed by atoms with Crippen molar-refractivity contribution in [3.63, 3.8) is 0 Å². The number of carbonyl (C=O) groups is 2. The molecule has 0 aliphatic carbocycles. The number of nitro benzene ring substituents is 1. The molecule has 0 aliphatic rings. The summed E-state index contributed by atoms with van der Waals surface area (Å²) < 4.78 is 10.9. The van der Waals surface area contributed by atoms with Crippen LogP contribution in [0, 0.1) is 10.1 Å². The predicted octanol–water partition coefficient (Wildman–Crippen LogP) is 3.24. The largest absolute Gasteiger partial charge is 0.486 e. The maximum absolute atomic E-state index is 12.1. The average Bonchev–Trinajstić information content (AvgIpc) is 3.24. The van der Waals surface area contributed by atoms with E-state index < -0.39 is 16.7 Å². The van der Waals surface area contributed by atoms with Crippen molar-refractivity contribution in [2.75, 3.05) is 0 Å². The summed E-state index contributed by atoms with van der Waals surface area (Å²) in [6.45, 7) is 0.141. The van der Waals surface area contributed by atoms with Crippen LogP contribution >= 0.6 is 0 Å². The zero-order chi connectivity index (χ0) is 21.3. The van der Waals surface area contributed by atoms with Gasteiger partial charge in [-0.3, -0.25) is 30.6 Å². The molecule has 0 bridgehead atoms. The molecule has 2 aromatic carbocycles. The summed E-state index contributed by atoms with van der Waals surface area (Å²) in [5, 5.41) is 11.0. The number of hydrogen-bond donors (Lipinski definition) is 2. The van der Waals surface area contributed by atoms with Crippen molar-refractivity contribution < 1.29 is 23.7 Å². The third kappa shape index (κ3) is 5.55. The molecule has 1 aromatic heterocycles. The molecular weight excluding hydrogens is 390 g/mol. The number of nitrogens with one attached hydrogen (secondary N) is 2. The van der Waals surface area contributed by atoms with E-state index in [1.807, 2.05) is 18.2 Å². The summed E-state index contributed by atoms with van der Waals surface area (Å²) in [7, 11) is 0. The van der Waals surface area contributed by atoms with Crippen molar-refractivity contribution in [3.8, 4) is 5.75 Å². The van der Waals surface area contributed by atoms with Gasteiger partial charge in [-0.25, -0.2) is 0 Å². The van der Waals surface area contributed by atoms with Crippen LogP contribution in [-0.4, -0.2) is 16.7 Å². The first-order chi connectivity index (χ1) is 14.5. The highest BCUT2D eigenvalue weighted by atomic mass is 16.6. The van der Waals surface area contributed by atoms with Gasteiger partial charge in [-0.1, -0.05) is 30.3 Å². The SMILES string of the molecule is O=C(/C=C/c1ccccc1[N+](=O)[O-])NNC(=O)c1ccc(COc2ccccc2)o1. The van der Waals surface area contributed by atoms with Gasteiger partial charge in [-0.15, -0.1) is 0 Å². The lowest BCUT2D eigenvalue weighted by molar-refractivity contribution is -0.385. The molecule has 0 saturated heterocycles. The Morgan fingerprint density at radius 2 is 1.73 bits per heavy atom. The molecule has 9 nitrogen and oxygen atoms in total. The summed E-state index contributed by atoms with van der Waals surface area (Å²) >= 11 is 0. The summed E-state index contributed by atoms with van der Waals surface area (Å²) in [4.78, 5) is 34.4. The number of rotatable bonds is 7. The fourth-order valence-corrected chi connectivity index (χ4v) is 2.43. The average molecular weight is 407 g/mol. The maximum atomic E-state index is 12.1. The van der Waals surface area contributed by atoms with E-state index in [1.165, 1.54) is 30.3 Å². The van der Waals surface area contributed by atoms with Gasteiger partial charge in [-0.2, -0.15) is 0 Å². The molecule has 0 aliphatic heterocycles. The number of carbonyl (C=O) groups excluding carboxylic acids is 2. The molecule has 30 heavy (non-hydrogen) atoms. The van der Waals surface area contributed by atoms with Gasteiger partial charge >= 0.3 is 5.91 Å². The van der Waals surface area contributed by atoms with Gasteiger partial charge in [0, 0.05) is 12.1 Å². The molecule has 0 spiro atoms. The zero-order valence-corrected chi connectivity index (χ0v) is 15.6. The van der Waals surface area contributed by atoms with Crippen LogP contribution in [0.25, 0.3) is 6.08 Å². The first-order valence-electron chi connectivity index (χ1n) is 8.81. The van der Waals surface area contributed by atoms with Crippen LogP contribution in [0.5, 0.6) is 5.75 Å². The molecule has 2 N–H and O–H groups in total. The molecule has 0 saturated carbocycles. The van der Waals surface area contributed by atoms with Crippen molar-refractivity contribution in [3.05, 3.63) is 100 Å². The number of nitrogens with zero attached hydrogens (tertiary/aromatic N) is 1. The normalized spacial score (nSPS) is 10.5. The third-order valence-electron chi connectivity index (χ3n) is 3.86. The maximum Gasteiger partial charge on any atom is 0.305 e. The minimum Gasteiger partial charge on any atom is -0.486 e. The number of nitro groups is 1. The third-order valence-corrected chi connectivity index (χ3v) is 3.86. The molecule has 9 heteroatoms. The molecule has 0 radical (unpaired) electrons. The minimum atomic E-state index is -0.666. The molecule has 152 valence electrons. The lowest BCUT2D eigenvalue weighted by atomic mass is 10.1. The Bertz CT molecular complexity index is 1080. The summed E-state index contributed by atoms with van der Waals surface area (Å²) in [6.07, 6.45) is 2.36. The molecule has 0 atom stereocenters. The molecule has 3 aromatic rings.